The Kier molecular flexibility index (Phi) is 7.40. The van der Waals surface area contributed by atoms with Crippen LogP contribution in [0.1, 0.15) is 43.2 Å². The molecule has 0 aliphatic carbocycles. The Morgan fingerprint density at radius 2 is 1.94 bits per heavy atom. The van der Waals surface area contributed by atoms with Gasteiger partial charge in [-0.25, -0.2) is 9.48 Å². The Balaban J connectivity index is 1.32. The number of carbonyl (C=O) groups is 1. The van der Waals surface area contributed by atoms with Crippen molar-refractivity contribution in [1.82, 2.24) is 19.7 Å². The average molecular weight is 497 g/mol. The highest BCUT2D eigenvalue weighted by Gasteiger charge is 2.25. The first-order valence-electron chi connectivity index (χ1n) is 11.6. The van der Waals surface area contributed by atoms with Gasteiger partial charge in [-0.2, -0.15) is 5.10 Å². The van der Waals surface area contributed by atoms with Crippen molar-refractivity contribution in [2.45, 2.75) is 58.9 Å². The van der Waals surface area contributed by atoms with Gasteiger partial charge in [0.05, 0.1) is 16.9 Å². The minimum atomic E-state index is -0.508. The molecule has 35 heavy (non-hydrogen) atoms. The van der Waals surface area contributed by atoms with Crippen molar-refractivity contribution < 1.29 is 14.3 Å². The monoisotopic (exact) mass is 496 g/mol. The van der Waals surface area contributed by atoms with E-state index in [-0.39, 0.29) is 18.3 Å². The second-order valence-electron chi connectivity index (χ2n) is 9.51. The second kappa shape index (κ2) is 10.5. The molecule has 8 nitrogen and oxygen atoms in total. The highest BCUT2D eigenvalue weighted by Crippen LogP contribution is 2.22. The fourth-order valence-corrected chi connectivity index (χ4v) is 3.90. The summed E-state index contributed by atoms with van der Waals surface area (Å²) < 4.78 is 12.6. The molecule has 0 saturated heterocycles. The fourth-order valence-electron chi connectivity index (χ4n) is 3.79. The van der Waals surface area contributed by atoms with Crippen LogP contribution in [0.2, 0.25) is 5.02 Å². The lowest BCUT2D eigenvalue weighted by Crippen LogP contribution is -2.39. The minimum Gasteiger partial charge on any atom is -0.485 e. The van der Waals surface area contributed by atoms with Gasteiger partial charge >= 0.3 is 6.09 Å². The quantitative estimate of drug-likeness (QED) is 0.502. The first-order valence-corrected chi connectivity index (χ1v) is 11.9. The maximum Gasteiger partial charge on any atom is 0.410 e. The minimum absolute atomic E-state index is 0.225. The molecule has 184 valence electrons. The number of rotatable bonds is 6. The van der Waals surface area contributed by atoms with Crippen LogP contribution in [0, 0.1) is 0 Å². The summed E-state index contributed by atoms with van der Waals surface area (Å²) in [4.78, 5) is 30.8. The number of pyridine rings is 1. The van der Waals surface area contributed by atoms with Gasteiger partial charge in [0.1, 0.15) is 18.0 Å². The number of aryl methyl sites for hydroxylation is 2. The van der Waals surface area contributed by atoms with Crippen LogP contribution in [0.3, 0.4) is 0 Å². The molecule has 1 amide bonds. The van der Waals surface area contributed by atoms with E-state index in [0.29, 0.717) is 42.5 Å². The van der Waals surface area contributed by atoms with Crippen molar-refractivity contribution in [1.29, 1.82) is 0 Å². The van der Waals surface area contributed by atoms with E-state index >= 15 is 0 Å². The predicted molar refractivity (Wildman–Crippen MR) is 133 cm³/mol. The van der Waals surface area contributed by atoms with E-state index in [1.54, 1.807) is 23.2 Å². The molecular weight excluding hydrogens is 468 g/mol. The van der Waals surface area contributed by atoms with Crippen molar-refractivity contribution in [3.8, 4) is 5.75 Å². The molecule has 0 unspecified atom stereocenters. The summed E-state index contributed by atoms with van der Waals surface area (Å²) in [5.74, 6) is 0.395. The van der Waals surface area contributed by atoms with Gasteiger partial charge in [0.25, 0.3) is 5.56 Å². The zero-order valence-electron chi connectivity index (χ0n) is 20.2. The van der Waals surface area contributed by atoms with Crippen molar-refractivity contribution in [3.05, 3.63) is 86.6 Å². The molecular formula is C26H29ClN4O4. The van der Waals surface area contributed by atoms with Crippen molar-refractivity contribution in [3.63, 3.8) is 0 Å². The van der Waals surface area contributed by atoms with Gasteiger partial charge in [0.2, 0.25) is 0 Å². The first-order chi connectivity index (χ1) is 16.7. The molecule has 0 saturated carbocycles. The number of fused-ring (bicyclic) bond motifs is 1. The molecule has 1 aliphatic rings. The first kappa shape index (κ1) is 24.7. The van der Waals surface area contributed by atoms with Crippen LogP contribution < -0.4 is 10.3 Å². The SMILES string of the molecule is CC(C)(C)OC(=O)N1CCc2cc(CCn3ncc(OCc4ccc(Cl)cn4)cc3=O)ccc2C1. The van der Waals surface area contributed by atoms with Crippen LogP contribution in [0.4, 0.5) is 4.79 Å². The third-order valence-electron chi connectivity index (χ3n) is 5.57. The largest absolute Gasteiger partial charge is 0.485 e. The lowest BCUT2D eigenvalue weighted by Gasteiger charge is -2.31. The zero-order chi connectivity index (χ0) is 25.0. The van der Waals surface area contributed by atoms with Crippen molar-refractivity contribution >= 4 is 17.7 Å². The second-order valence-corrected chi connectivity index (χ2v) is 9.95. The number of nitrogens with zero attached hydrogens (tertiary/aromatic N) is 4. The van der Waals surface area contributed by atoms with E-state index in [2.05, 4.69) is 22.2 Å². The molecule has 1 aromatic carbocycles. The van der Waals surface area contributed by atoms with Crippen LogP contribution in [-0.4, -0.2) is 37.9 Å². The molecule has 9 heteroatoms. The molecule has 0 N–H and O–H groups in total. The summed E-state index contributed by atoms with van der Waals surface area (Å²) in [6, 6.07) is 11.2. The number of ether oxygens (including phenoxy) is 2. The summed E-state index contributed by atoms with van der Waals surface area (Å²) >= 11 is 5.84. The summed E-state index contributed by atoms with van der Waals surface area (Å²) in [5, 5.41) is 4.80. The van der Waals surface area contributed by atoms with Crippen LogP contribution in [0.5, 0.6) is 5.75 Å². The van der Waals surface area contributed by atoms with Gasteiger partial charge < -0.3 is 14.4 Å². The fraction of sp³-hybridized carbons (Fsp3) is 0.385. The number of carbonyl (C=O) groups excluding carboxylic acids is 1. The maximum absolute atomic E-state index is 12.5. The lowest BCUT2D eigenvalue weighted by molar-refractivity contribution is 0.0224. The molecule has 0 atom stereocenters. The molecule has 3 aromatic rings. The number of aromatic nitrogens is 3. The summed E-state index contributed by atoms with van der Waals surface area (Å²) in [6.45, 7) is 7.46. The molecule has 4 rings (SSSR count). The average Bonchev–Trinajstić information content (AvgIpc) is 2.81. The zero-order valence-corrected chi connectivity index (χ0v) is 20.9. The van der Waals surface area contributed by atoms with E-state index < -0.39 is 5.60 Å². The standard InChI is InChI=1S/C26H29ClN4O4/c1-26(2,3)35-25(33)30-10-9-19-12-18(4-5-20(19)16-30)8-11-31-24(32)13-23(15-29-31)34-17-22-7-6-21(27)14-28-22/h4-7,12-15H,8-11,16-17H2,1-3H3. The smallest absolute Gasteiger partial charge is 0.410 e. The highest BCUT2D eigenvalue weighted by molar-refractivity contribution is 6.30. The summed E-state index contributed by atoms with van der Waals surface area (Å²) in [6.07, 6.45) is 4.25. The Morgan fingerprint density at radius 1 is 1.11 bits per heavy atom. The van der Waals surface area contributed by atoms with E-state index in [1.807, 2.05) is 26.8 Å². The topological polar surface area (TPSA) is 86.6 Å². The number of amides is 1. The Hall–Kier alpha value is -3.39. The predicted octanol–water partition coefficient (Wildman–Crippen LogP) is 4.41. The van der Waals surface area contributed by atoms with E-state index in [4.69, 9.17) is 21.1 Å². The van der Waals surface area contributed by atoms with Gasteiger partial charge in [0, 0.05) is 31.9 Å². The molecule has 2 aromatic heterocycles. The molecule has 1 aliphatic heterocycles. The Morgan fingerprint density at radius 3 is 2.66 bits per heavy atom. The van der Waals surface area contributed by atoms with Crippen LogP contribution in [0.15, 0.2) is 53.6 Å². The van der Waals surface area contributed by atoms with Gasteiger partial charge in [0.15, 0.2) is 0 Å². The van der Waals surface area contributed by atoms with Crippen LogP contribution in [0.25, 0.3) is 0 Å². The van der Waals surface area contributed by atoms with E-state index in [9.17, 15) is 9.59 Å². The highest BCUT2D eigenvalue weighted by atomic mass is 35.5. The molecule has 0 bridgehead atoms. The number of benzene rings is 1. The Labute approximate surface area is 209 Å². The van der Waals surface area contributed by atoms with Crippen molar-refractivity contribution in [2.75, 3.05) is 6.54 Å². The lowest BCUT2D eigenvalue weighted by atomic mass is 9.96. The third-order valence-corrected chi connectivity index (χ3v) is 5.79. The van der Waals surface area contributed by atoms with Crippen LogP contribution >= 0.6 is 11.6 Å². The molecule has 3 heterocycles. The molecule has 0 radical (unpaired) electrons. The third kappa shape index (κ3) is 6.82. The number of halogens is 1. The normalized spacial score (nSPS) is 13.3. The van der Waals surface area contributed by atoms with E-state index in [0.717, 1.165) is 17.5 Å². The van der Waals surface area contributed by atoms with Gasteiger partial charge in [-0.05, 0) is 62.4 Å². The Bertz CT molecular complexity index is 1250. The maximum atomic E-state index is 12.5. The molecule has 0 spiro atoms. The summed E-state index contributed by atoms with van der Waals surface area (Å²) in [5.41, 5.74) is 3.45. The molecule has 0 fully saturated rings. The van der Waals surface area contributed by atoms with Gasteiger partial charge in [-0.3, -0.25) is 9.78 Å². The number of hydrogen-bond acceptors (Lipinski definition) is 6. The van der Waals surface area contributed by atoms with Gasteiger partial charge in [-0.1, -0.05) is 29.8 Å². The van der Waals surface area contributed by atoms with Crippen LogP contribution in [-0.2, 0) is 37.3 Å². The van der Waals surface area contributed by atoms with Gasteiger partial charge in [-0.15, -0.1) is 0 Å². The number of hydrogen-bond donors (Lipinski definition) is 0. The summed E-state index contributed by atoms with van der Waals surface area (Å²) in [7, 11) is 0. The van der Waals surface area contributed by atoms with E-state index in [1.165, 1.54) is 22.5 Å². The van der Waals surface area contributed by atoms with Crippen molar-refractivity contribution in [2.24, 2.45) is 0 Å².